The van der Waals surface area contributed by atoms with Crippen LogP contribution < -0.4 is 5.32 Å². The van der Waals surface area contributed by atoms with Crippen molar-refractivity contribution in [2.75, 3.05) is 0 Å². The molecule has 15 heavy (non-hydrogen) atoms. The molecule has 5 nitrogen and oxygen atoms in total. The summed E-state index contributed by atoms with van der Waals surface area (Å²) >= 11 is 0. The van der Waals surface area contributed by atoms with Gasteiger partial charge in [-0.15, -0.1) is 5.10 Å². The van der Waals surface area contributed by atoms with E-state index in [0.717, 1.165) is 5.32 Å². The zero-order valence-electron chi connectivity index (χ0n) is 9.19. The second-order valence-electron chi connectivity index (χ2n) is 5.14. The highest BCUT2D eigenvalue weighted by atomic mass is 28.3. The standard InChI is InChI=1S/C9H15N3O2Si/c1-15(2,3)7-6-12(11-10-7)9(4-5-9)8(13)14/h6H,4-5H2,1-3H3,(H,13,14). The Morgan fingerprint density at radius 3 is 2.47 bits per heavy atom. The van der Waals surface area contributed by atoms with E-state index in [4.69, 9.17) is 5.11 Å². The van der Waals surface area contributed by atoms with Crippen LogP contribution in [0, 0.1) is 0 Å². The number of carbonyl (C=O) groups is 1. The molecule has 1 aromatic heterocycles. The van der Waals surface area contributed by atoms with Crippen molar-refractivity contribution in [2.45, 2.75) is 38.0 Å². The van der Waals surface area contributed by atoms with Gasteiger partial charge in [-0.2, -0.15) is 0 Å². The zero-order chi connectivity index (χ0) is 11.3. The maximum absolute atomic E-state index is 11.1. The minimum absolute atomic E-state index is 0.664. The van der Waals surface area contributed by atoms with Crippen LogP contribution in [0.4, 0.5) is 0 Å². The molecule has 1 saturated carbocycles. The van der Waals surface area contributed by atoms with E-state index in [9.17, 15) is 4.79 Å². The summed E-state index contributed by atoms with van der Waals surface area (Å²) in [5.74, 6) is -0.797. The molecule has 1 heterocycles. The summed E-state index contributed by atoms with van der Waals surface area (Å²) in [5.41, 5.74) is -0.787. The Kier molecular flexibility index (Phi) is 2.01. The normalized spacial score (nSPS) is 18.9. The Balaban J connectivity index is 2.33. The fraction of sp³-hybridized carbons (Fsp3) is 0.667. The molecule has 0 saturated heterocycles. The number of hydrogen-bond acceptors (Lipinski definition) is 3. The number of rotatable bonds is 3. The fourth-order valence-corrected chi connectivity index (χ4v) is 2.33. The van der Waals surface area contributed by atoms with Gasteiger partial charge in [-0.05, 0) is 12.8 Å². The smallest absolute Gasteiger partial charge is 0.331 e. The lowest BCUT2D eigenvalue weighted by atomic mass is 10.3. The van der Waals surface area contributed by atoms with Crippen molar-refractivity contribution < 1.29 is 9.90 Å². The number of carboxylic acid groups (broad SMARTS) is 1. The van der Waals surface area contributed by atoms with E-state index in [1.54, 1.807) is 0 Å². The summed E-state index contributed by atoms with van der Waals surface area (Å²) in [5, 5.41) is 18.1. The van der Waals surface area contributed by atoms with Crippen LogP contribution in [-0.4, -0.2) is 34.1 Å². The van der Waals surface area contributed by atoms with Crippen LogP contribution in [0.5, 0.6) is 0 Å². The first-order valence-corrected chi connectivity index (χ1v) is 8.53. The minimum atomic E-state index is -1.49. The third-order valence-electron chi connectivity index (χ3n) is 2.82. The van der Waals surface area contributed by atoms with Crippen molar-refractivity contribution in [3.63, 3.8) is 0 Å². The largest absolute Gasteiger partial charge is 0.479 e. The van der Waals surface area contributed by atoms with Crippen LogP contribution in [0.2, 0.25) is 19.6 Å². The van der Waals surface area contributed by atoms with Gasteiger partial charge in [-0.3, -0.25) is 0 Å². The third-order valence-corrected chi connectivity index (χ3v) is 4.59. The molecule has 2 rings (SSSR count). The maximum Gasteiger partial charge on any atom is 0.331 e. The van der Waals surface area contributed by atoms with Gasteiger partial charge in [0.2, 0.25) is 0 Å². The Bertz CT molecular complexity index is 404. The van der Waals surface area contributed by atoms with Gasteiger partial charge in [0.1, 0.15) is 8.07 Å². The average molecular weight is 225 g/mol. The van der Waals surface area contributed by atoms with Crippen LogP contribution >= 0.6 is 0 Å². The van der Waals surface area contributed by atoms with E-state index in [1.807, 2.05) is 6.20 Å². The zero-order valence-corrected chi connectivity index (χ0v) is 10.2. The molecule has 0 unspecified atom stereocenters. The first-order chi connectivity index (χ1) is 6.86. The summed E-state index contributed by atoms with van der Waals surface area (Å²) in [7, 11) is -1.49. The van der Waals surface area contributed by atoms with Crippen molar-refractivity contribution in [1.29, 1.82) is 0 Å². The molecule has 1 aliphatic carbocycles. The Morgan fingerprint density at radius 2 is 2.13 bits per heavy atom. The summed E-state index contributed by atoms with van der Waals surface area (Å²) in [6, 6.07) is 0. The quantitative estimate of drug-likeness (QED) is 0.756. The molecule has 1 aromatic rings. The van der Waals surface area contributed by atoms with Gasteiger partial charge in [-0.1, -0.05) is 24.9 Å². The molecular formula is C9H15N3O2Si. The van der Waals surface area contributed by atoms with Crippen molar-refractivity contribution >= 4 is 19.4 Å². The predicted octanol–water partition coefficient (Wildman–Crippen LogP) is 0.397. The first-order valence-electron chi connectivity index (χ1n) is 5.03. The molecule has 0 amide bonds. The van der Waals surface area contributed by atoms with E-state index >= 15 is 0 Å². The van der Waals surface area contributed by atoms with Crippen LogP contribution in [0.3, 0.4) is 0 Å². The average Bonchev–Trinajstić information content (AvgIpc) is 2.75. The van der Waals surface area contributed by atoms with Crippen molar-refractivity contribution in [1.82, 2.24) is 15.0 Å². The molecular weight excluding hydrogens is 210 g/mol. The number of carboxylic acids is 1. The number of hydrogen-bond donors (Lipinski definition) is 1. The van der Waals surface area contributed by atoms with E-state index < -0.39 is 19.6 Å². The fourth-order valence-electron chi connectivity index (χ4n) is 1.48. The highest BCUT2D eigenvalue weighted by Crippen LogP contribution is 2.42. The summed E-state index contributed by atoms with van der Waals surface area (Å²) in [6.45, 7) is 6.51. The minimum Gasteiger partial charge on any atom is -0.479 e. The Labute approximate surface area is 89.1 Å². The Hall–Kier alpha value is -1.17. The summed E-state index contributed by atoms with van der Waals surface area (Å²) < 4.78 is 1.53. The lowest BCUT2D eigenvalue weighted by Crippen LogP contribution is -2.39. The van der Waals surface area contributed by atoms with Gasteiger partial charge in [0.15, 0.2) is 5.54 Å². The molecule has 1 fully saturated rings. The molecule has 0 atom stereocenters. The number of aromatic nitrogens is 3. The number of nitrogens with zero attached hydrogens (tertiary/aromatic N) is 3. The van der Waals surface area contributed by atoms with Gasteiger partial charge in [0, 0.05) is 6.20 Å². The molecule has 82 valence electrons. The van der Waals surface area contributed by atoms with Crippen molar-refractivity contribution in [2.24, 2.45) is 0 Å². The van der Waals surface area contributed by atoms with Gasteiger partial charge in [0.25, 0.3) is 0 Å². The first kappa shape index (κ1) is 10.3. The van der Waals surface area contributed by atoms with Gasteiger partial charge in [0.05, 0.1) is 5.32 Å². The van der Waals surface area contributed by atoms with Gasteiger partial charge >= 0.3 is 5.97 Å². The molecule has 1 aliphatic rings. The Morgan fingerprint density at radius 1 is 1.53 bits per heavy atom. The lowest BCUT2D eigenvalue weighted by molar-refractivity contribution is -0.142. The SMILES string of the molecule is C[Si](C)(C)c1cn(C2(C(=O)O)CC2)nn1. The van der Waals surface area contributed by atoms with Crippen molar-refractivity contribution in [3.05, 3.63) is 6.20 Å². The summed E-state index contributed by atoms with van der Waals surface area (Å²) in [6.07, 6.45) is 3.14. The monoisotopic (exact) mass is 225 g/mol. The second kappa shape index (κ2) is 2.91. The molecule has 0 radical (unpaired) electrons. The lowest BCUT2D eigenvalue weighted by Gasteiger charge is -2.11. The highest BCUT2D eigenvalue weighted by molar-refractivity contribution is 6.88. The molecule has 0 spiro atoms. The molecule has 0 bridgehead atoms. The van der Waals surface area contributed by atoms with Crippen molar-refractivity contribution in [3.8, 4) is 0 Å². The number of aliphatic carboxylic acids is 1. The van der Waals surface area contributed by atoms with E-state index in [1.165, 1.54) is 4.68 Å². The maximum atomic E-state index is 11.1. The van der Waals surface area contributed by atoms with Crippen LogP contribution in [0.1, 0.15) is 12.8 Å². The molecule has 6 heteroatoms. The third kappa shape index (κ3) is 1.58. The van der Waals surface area contributed by atoms with E-state index in [0.29, 0.717) is 12.8 Å². The second-order valence-corrected chi connectivity index (χ2v) is 10.1. The van der Waals surface area contributed by atoms with E-state index in [-0.39, 0.29) is 0 Å². The van der Waals surface area contributed by atoms with Gasteiger partial charge < -0.3 is 5.11 Å². The van der Waals surface area contributed by atoms with E-state index in [2.05, 4.69) is 30.0 Å². The highest BCUT2D eigenvalue weighted by Gasteiger charge is 2.53. The molecule has 0 aromatic carbocycles. The van der Waals surface area contributed by atoms with Crippen LogP contribution in [0.25, 0.3) is 0 Å². The topological polar surface area (TPSA) is 68.0 Å². The van der Waals surface area contributed by atoms with Crippen LogP contribution in [-0.2, 0) is 10.3 Å². The van der Waals surface area contributed by atoms with Gasteiger partial charge in [-0.25, -0.2) is 9.48 Å². The molecule has 0 aliphatic heterocycles. The predicted molar refractivity (Wildman–Crippen MR) is 57.8 cm³/mol. The van der Waals surface area contributed by atoms with Crippen LogP contribution in [0.15, 0.2) is 6.20 Å². The molecule has 1 N–H and O–H groups in total. The summed E-state index contributed by atoms with van der Waals surface area (Å²) in [4.78, 5) is 11.1.